The molecule has 59 heavy (non-hydrogen) atoms. The van der Waals surface area contributed by atoms with Crippen LogP contribution >= 0.6 is 0 Å². The second-order valence-corrected chi connectivity index (χ2v) is 18.6. The van der Waals surface area contributed by atoms with Crippen molar-refractivity contribution in [3.8, 4) is 5.75 Å². The molecule has 0 radical (unpaired) electrons. The molecule has 3 aliphatic carbocycles. The van der Waals surface area contributed by atoms with E-state index in [2.05, 4.69) is 40.2 Å². The first-order chi connectivity index (χ1) is 28.2. The van der Waals surface area contributed by atoms with Crippen molar-refractivity contribution in [3.63, 3.8) is 0 Å². The number of hydrogen-bond donors (Lipinski definition) is 3. The van der Waals surface area contributed by atoms with Crippen LogP contribution in [0.15, 0.2) is 48.6 Å². The topological polar surface area (TPSA) is 151 Å². The molecule has 9 rings (SSSR count). The number of carbonyl (C=O) groups excluding carboxylic acids is 3. The predicted octanol–water partition coefficient (Wildman–Crippen LogP) is 5.48. The quantitative estimate of drug-likeness (QED) is 0.158. The van der Waals surface area contributed by atoms with Gasteiger partial charge in [-0.05, 0) is 99.4 Å². The van der Waals surface area contributed by atoms with Crippen molar-refractivity contribution in [1.29, 1.82) is 0 Å². The zero-order valence-corrected chi connectivity index (χ0v) is 35.4. The second kappa shape index (κ2) is 13.8. The third-order valence-corrected chi connectivity index (χ3v) is 16.0. The summed E-state index contributed by atoms with van der Waals surface area (Å²) in [4.78, 5) is 50.9. The van der Waals surface area contributed by atoms with Crippen molar-refractivity contribution in [2.45, 2.75) is 119 Å². The molecule has 10 atom stereocenters. The predicted molar refractivity (Wildman–Crippen MR) is 221 cm³/mol. The monoisotopic (exact) mass is 809 g/mol. The zero-order valence-electron chi connectivity index (χ0n) is 35.4. The van der Waals surface area contributed by atoms with Crippen LogP contribution in [0.25, 0.3) is 10.9 Å². The molecule has 2 bridgehead atoms. The minimum absolute atomic E-state index is 0.0245. The van der Waals surface area contributed by atoms with E-state index >= 15 is 4.79 Å². The number of anilines is 1. The van der Waals surface area contributed by atoms with Crippen LogP contribution in [0, 0.1) is 17.3 Å². The Bertz CT molecular complexity index is 2250. The van der Waals surface area contributed by atoms with Gasteiger partial charge < -0.3 is 39.0 Å². The lowest BCUT2D eigenvalue weighted by molar-refractivity contribution is -0.228. The van der Waals surface area contributed by atoms with Gasteiger partial charge >= 0.3 is 17.9 Å². The van der Waals surface area contributed by atoms with Crippen molar-refractivity contribution in [3.05, 3.63) is 70.9 Å². The van der Waals surface area contributed by atoms with E-state index in [9.17, 15) is 19.8 Å². The largest absolute Gasteiger partial charge is 0.496 e. The van der Waals surface area contributed by atoms with E-state index in [0.29, 0.717) is 62.9 Å². The number of aromatic amines is 1. The number of likely N-dealkylation sites (N-methyl/N-ethyl adjacent to an activating group) is 1. The molecule has 1 saturated heterocycles. The van der Waals surface area contributed by atoms with Gasteiger partial charge in [0.25, 0.3) is 0 Å². The highest BCUT2D eigenvalue weighted by molar-refractivity contribution is 5.95. The van der Waals surface area contributed by atoms with E-state index in [1.165, 1.54) is 21.1 Å². The fourth-order valence-corrected chi connectivity index (χ4v) is 14.0. The number of esters is 3. The first kappa shape index (κ1) is 40.0. The molecule has 3 N–H and O–H groups in total. The number of nitrogens with one attached hydrogen (secondary N) is 1. The van der Waals surface area contributed by atoms with Crippen LogP contribution < -0.4 is 9.64 Å². The molecule has 6 aliphatic rings. The number of hydrogen-bond acceptors (Lipinski definition) is 11. The lowest BCUT2D eigenvalue weighted by Crippen LogP contribution is -2.81. The van der Waals surface area contributed by atoms with Crippen molar-refractivity contribution in [1.82, 2.24) is 9.88 Å². The molecule has 3 fully saturated rings. The first-order valence-corrected chi connectivity index (χ1v) is 21.5. The molecule has 3 aromatic rings. The Kier molecular flexibility index (Phi) is 9.38. The summed E-state index contributed by atoms with van der Waals surface area (Å²) < 4.78 is 24.0. The number of para-hydroxylation sites is 1. The maximum atomic E-state index is 15.3. The van der Waals surface area contributed by atoms with Gasteiger partial charge in [0, 0.05) is 71.3 Å². The number of aromatic nitrogens is 1. The van der Waals surface area contributed by atoms with E-state index in [4.69, 9.17) is 18.9 Å². The van der Waals surface area contributed by atoms with E-state index in [0.717, 1.165) is 52.7 Å². The Labute approximate surface area is 346 Å². The minimum atomic E-state index is -2.30. The molecule has 12 nitrogen and oxygen atoms in total. The van der Waals surface area contributed by atoms with Crippen molar-refractivity contribution in [2.24, 2.45) is 17.3 Å². The molecule has 2 saturated carbocycles. The summed E-state index contributed by atoms with van der Waals surface area (Å²) >= 11 is 0. The Morgan fingerprint density at radius 1 is 0.932 bits per heavy atom. The lowest BCUT2D eigenvalue weighted by atomic mass is 9.47. The van der Waals surface area contributed by atoms with Crippen LogP contribution in [0.3, 0.4) is 0 Å². The average molecular weight is 810 g/mol. The van der Waals surface area contributed by atoms with Crippen molar-refractivity contribution in [2.75, 3.05) is 46.4 Å². The number of nitrogens with zero attached hydrogens (tertiary/aromatic N) is 2. The van der Waals surface area contributed by atoms with Crippen molar-refractivity contribution < 1.29 is 43.5 Å². The summed E-state index contributed by atoms with van der Waals surface area (Å²) in [5, 5.41) is 26.4. The van der Waals surface area contributed by atoms with Gasteiger partial charge in [0.05, 0.1) is 33.0 Å². The number of aryl methyl sites for hydroxylation is 1. The molecule has 1 unspecified atom stereocenters. The van der Waals surface area contributed by atoms with Gasteiger partial charge in [-0.2, -0.15) is 0 Å². The molecule has 1 aromatic heterocycles. The number of carbonyl (C=O) groups is 3. The lowest BCUT2D eigenvalue weighted by Gasteiger charge is -2.63. The average Bonchev–Trinajstić information content (AvgIpc) is 3.90. The molecular formula is C47H59N3O9. The fourth-order valence-electron chi connectivity index (χ4n) is 14.0. The number of benzene rings is 2. The van der Waals surface area contributed by atoms with Crippen LogP contribution in [0.4, 0.5) is 5.69 Å². The van der Waals surface area contributed by atoms with E-state index in [-0.39, 0.29) is 17.9 Å². The number of aliphatic hydroxyl groups is 2. The van der Waals surface area contributed by atoms with E-state index in [1.807, 2.05) is 44.0 Å². The maximum absolute atomic E-state index is 15.3. The smallest absolute Gasteiger partial charge is 0.344 e. The summed E-state index contributed by atoms with van der Waals surface area (Å²) in [5.74, 6) is -1.17. The normalized spacial score (nSPS) is 37.0. The van der Waals surface area contributed by atoms with Gasteiger partial charge in [-0.3, -0.25) is 14.5 Å². The standard InChI is InChI=1S/C47H59N3O9/c1-8-43(54)24-28-15-16-31-30-13-10-11-14-34(30)48-37(31)46(41(52)57-6,26-29(21-28)25-43)33-22-32-35(23-36(33)56-5)49(4)39-45(32)18-20-50-19-12-17-44(9-2,38(45)50)40(59-27(3)51)47(39,55)42(53)58-7/h10-14,17,22-23,28-29,38-40,48,54-55H,8-9,15-16,18-21,24-26H2,1-7H3/t28?,29-,38+,39-,40-,43-,44-,45-,46+,47+/m1/s1. The van der Waals surface area contributed by atoms with Crippen LogP contribution in [0.5, 0.6) is 5.75 Å². The van der Waals surface area contributed by atoms with Gasteiger partial charge in [0.2, 0.25) is 5.60 Å². The molecule has 316 valence electrons. The first-order valence-electron chi connectivity index (χ1n) is 21.5. The van der Waals surface area contributed by atoms with Gasteiger partial charge in [0.1, 0.15) is 11.2 Å². The highest BCUT2D eigenvalue weighted by Crippen LogP contribution is 2.68. The summed E-state index contributed by atoms with van der Waals surface area (Å²) in [6, 6.07) is 11.0. The van der Waals surface area contributed by atoms with Gasteiger partial charge in [-0.15, -0.1) is 0 Å². The molecule has 2 aromatic carbocycles. The molecule has 0 amide bonds. The van der Waals surface area contributed by atoms with E-state index < -0.39 is 57.5 Å². The minimum Gasteiger partial charge on any atom is -0.496 e. The van der Waals surface area contributed by atoms with Gasteiger partial charge in [-0.25, -0.2) is 4.79 Å². The van der Waals surface area contributed by atoms with Gasteiger partial charge in [-0.1, -0.05) is 44.2 Å². The SMILES string of the molecule is CC[C@@]1(O)CC2CCc3c([nH]c4ccccc34)[C@@](C(=O)OC)(c3cc4c(cc3OC)N(C)[C@H]3[C@@](O)(C(=O)OC)[C@H](OC(C)=O)[C@]5(CC)C=CCN6CC[C@]43[C@@H]65)C[C@H](C2)C1. The Balaban J connectivity index is 1.36. The summed E-state index contributed by atoms with van der Waals surface area (Å²) in [6.07, 6.45) is 8.64. The summed E-state index contributed by atoms with van der Waals surface area (Å²) in [6.45, 7) is 6.69. The second-order valence-electron chi connectivity index (χ2n) is 18.6. The number of fused-ring (bicyclic) bond motifs is 6. The summed E-state index contributed by atoms with van der Waals surface area (Å²) in [7, 11) is 6.18. The maximum Gasteiger partial charge on any atom is 0.344 e. The Morgan fingerprint density at radius 2 is 1.68 bits per heavy atom. The molecule has 4 heterocycles. The number of methoxy groups -OCH3 is 3. The Morgan fingerprint density at radius 3 is 2.37 bits per heavy atom. The molecule has 3 aliphatic heterocycles. The number of ether oxygens (including phenoxy) is 4. The highest BCUT2D eigenvalue weighted by Gasteiger charge is 2.80. The van der Waals surface area contributed by atoms with Crippen molar-refractivity contribution >= 4 is 34.5 Å². The van der Waals surface area contributed by atoms with Crippen LogP contribution in [-0.4, -0.2) is 109 Å². The summed E-state index contributed by atoms with van der Waals surface area (Å²) in [5.41, 5.74) is -1.38. The third-order valence-electron chi connectivity index (χ3n) is 16.0. The van der Waals surface area contributed by atoms with Crippen LogP contribution in [0.1, 0.15) is 94.5 Å². The van der Waals surface area contributed by atoms with Crippen LogP contribution in [0.2, 0.25) is 0 Å². The van der Waals surface area contributed by atoms with Crippen LogP contribution in [-0.2, 0) is 45.8 Å². The third kappa shape index (κ3) is 5.21. The highest BCUT2D eigenvalue weighted by atomic mass is 16.6. The zero-order chi connectivity index (χ0) is 41.9. The molecular weight excluding hydrogens is 751 g/mol. The number of rotatable bonds is 7. The Hall–Kier alpha value is -4.39. The van der Waals surface area contributed by atoms with E-state index in [1.54, 1.807) is 7.11 Å². The van der Waals surface area contributed by atoms with Gasteiger partial charge in [0.15, 0.2) is 6.10 Å². The fraction of sp³-hybridized carbons (Fsp3) is 0.596. The number of H-pyrrole nitrogens is 1. The molecule has 1 spiro atoms. The molecule has 12 heteroatoms.